The first-order valence-electron chi connectivity index (χ1n) is 6.43. The third-order valence-corrected chi connectivity index (χ3v) is 3.39. The van der Waals surface area contributed by atoms with Crippen molar-refractivity contribution in [2.45, 2.75) is 32.8 Å². The molecule has 2 nitrogen and oxygen atoms in total. The van der Waals surface area contributed by atoms with Crippen molar-refractivity contribution in [3.63, 3.8) is 0 Å². The summed E-state index contributed by atoms with van der Waals surface area (Å²) in [4.78, 5) is 2.26. The van der Waals surface area contributed by atoms with Crippen LogP contribution in [0.4, 0.5) is 0 Å². The summed E-state index contributed by atoms with van der Waals surface area (Å²) in [7, 11) is 0. The molecule has 1 rings (SSSR count). The molecule has 0 spiro atoms. The van der Waals surface area contributed by atoms with Crippen LogP contribution in [0, 0.1) is 0 Å². The van der Waals surface area contributed by atoms with Crippen LogP contribution in [-0.2, 0) is 0 Å². The van der Waals surface area contributed by atoms with Gasteiger partial charge in [-0.05, 0) is 38.1 Å². The van der Waals surface area contributed by atoms with Gasteiger partial charge in [0, 0.05) is 22.2 Å². The van der Waals surface area contributed by atoms with Crippen LogP contribution < -0.4 is 0 Å². The Balaban J connectivity index is 2.70. The zero-order valence-electron chi connectivity index (χ0n) is 11.0. The molecule has 1 aromatic carbocycles. The fourth-order valence-electron chi connectivity index (χ4n) is 2.04. The van der Waals surface area contributed by atoms with Gasteiger partial charge in [-0.2, -0.15) is 0 Å². The molecule has 18 heavy (non-hydrogen) atoms. The molecule has 4 heteroatoms. The Morgan fingerprint density at radius 3 is 2.28 bits per heavy atom. The lowest BCUT2D eigenvalue weighted by molar-refractivity contribution is 0.113. The normalized spacial score (nSPS) is 13.0. The number of halogens is 2. The highest BCUT2D eigenvalue weighted by Crippen LogP contribution is 2.26. The maximum Gasteiger partial charge on any atom is 0.0931 e. The van der Waals surface area contributed by atoms with Gasteiger partial charge in [0.2, 0.25) is 0 Å². The summed E-state index contributed by atoms with van der Waals surface area (Å²) >= 11 is 11.9. The first-order chi connectivity index (χ1) is 8.58. The fourth-order valence-corrected chi connectivity index (χ4v) is 2.58. The molecule has 0 aliphatic carbocycles. The highest BCUT2D eigenvalue weighted by atomic mass is 35.5. The lowest BCUT2D eigenvalue weighted by Gasteiger charge is -2.24. The second-order valence-electron chi connectivity index (χ2n) is 4.48. The van der Waals surface area contributed by atoms with Gasteiger partial charge in [-0.3, -0.25) is 0 Å². The zero-order chi connectivity index (χ0) is 13.5. The number of aliphatic hydroxyl groups is 1. The molecule has 1 atom stereocenters. The van der Waals surface area contributed by atoms with Gasteiger partial charge < -0.3 is 10.0 Å². The number of aliphatic hydroxyl groups excluding tert-OH is 1. The van der Waals surface area contributed by atoms with Crippen molar-refractivity contribution >= 4 is 23.2 Å². The maximum absolute atomic E-state index is 10.2. The molecule has 1 unspecified atom stereocenters. The number of nitrogens with zero attached hydrogens (tertiary/aromatic N) is 1. The van der Waals surface area contributed by atoms with E-state index in [1.165, 1.54) is 0 Å². The van der Waals surface area contributed by atoms with Gasteiger partial charge in [0.1, 0.15) is 0 Å². The number of rotatable bonds is 7. The van der Waals surface area contributed by atoms with Crippen molar-refractivity contribution in [2.75, 3.05) is 19.6 Å². The topological polar surface area (TPSA) is 23.5 Å². The summed E-state index contributed by atoms with van der Waals surface area (Å²) in [6.07, 6.45) is 1.61. The molecule has 0 saturated carbocycles. The van der Waals surface area contributed by atoms with E-state index in [0.717, 1.165) is 31.5 Å². The van der Waals surface area contributed by atoms with Crippen molar-refractivity contribution in [1.82, 2.24) is 4.90 Å². The van der Waals surface area contributed by atoms with E-state index < -0.39 is 6.10 Å². The second kappa shape index (κ2) is 8.00. The second-order valence-corrected chi connectivity index (χ2v) is 5.33. The summed E-state index contributed by atoms with van der Waals surface area (Å²) in [6, 6.07) is 5.23. The van der Waals surface area contributed by atoms with Crippen molar-refractivity contribution in [3.05, 3.63) is 33.8 Å². The molecule has 0 saturated heterocycles. The molecule has 1 aromatic rings. The van der Waals surface area contributed by atoms with E-state index >= 15 is 0 Å². The molecule has 0 radical (unpaired) electrons. The molecular formula is C14H21Cl2NO. The summed E-state index contributed by atoms with van der Waals surface area (Å²) in [5, 5.41) is 11.4. The Labute approximate surface area is 120 Å². The van der Waals surface area contributed by atoms with Crippen molar-refractivity contribution < 1.29 is 5.11 Å². The van der Waals surface area contributed by atoms with Gasteiger partial charge in [-0.25, -0.2) is 0 Å². The monoisotopic (exact) mass is 289 g/mol. The quantitative estimate of drug-likeness (QED) is 0.815. The van der Waals surface area contributed by atoms with Crippen LogP contribution in [0.1, 0.15) is 38.4 Å². The van der Waals surface area contributed by atoms with E-state index in [2.05, 4.69) is 18.7 Å². The van der Waals surface area contributed by atoms with Crippen LogP contribution in [-0.4, -0.2) is 29.6 Å². The van der Waals surface area contributed by atoms with Gasteiger partial charge >= 0.3 is 0 Å². The van der Waals surface area contributed by atoms with E-state index in [1.54, 1.807) is 18.2 Å². The molecule has 0 aliphatic heterocycles. The number of hydrogen-bond acceptors (Lipinski definition) is 2. The first-order valence-corrected chi connectivity index (χ1v) is 7.19. The predicted octanol–water partition coefficient (Wildman–Crippen LogP) is 4.15. The van der Waals surface area contributed by atoms with Gasteiger partial charge in [-0.15, -0.1) is 0 Å². The van der Waals surface area contributed by atoms with Crippen LogP contribution >= 0.6 is 23.2 Å². The largest absolute Gasteiger partial charge is 0.387 e. The summed E-state index contributed by atoms with van der Waals surface area (Å²) in [5.74, 6) is 0. The lowest BCUT2D eigenvalue weighted by Crippen LogP contribution is -2.30. The van der Waals surface area contributed by atoms with E-state index in [1.807, 2.05) is 0 Å². The third kappa shape index (κ3) is 4.77. The van der Waals surface area contributed by atoms with E-state index in [4.69, 9.17) is 23.2 Å². The van der Waals surface area contributed by atoms with Crippen LogP contribution in [0.3, 0.4) is 0 Å². The maximum atomic E-state index is 10.2. The predicted molar refractivity (Wildman–Crippen MR) is 78.4 cm³/mol. The molecule has 0 bridgehead atoms. The molecule has 102 valence electrons. The number of hydrogen-bond donors (Lipinski definition) is 1. The Hall–Kier alpha value is -0.280. The minimum Gasteiger partial charge on any atom is -0.387 e. The Kier molecular flexibility index (Phi) is 7.02. The summed E-state index contributed by atoms with van der Waals surface area (Å²) < 4.78 is 0. The average molecular weight is 290 g/mol. The minimum atomic E-state index is -0.562. The van der Waals surface area contributed by atoms with Crippen LogP contribution in [0.5, 0.6) is 0 Å². The van der Waals surface area contributed by atoms with Crippen LogP contribution in [0.25, 0.3) is 0 Å². The van der Waals surface area contributed by atoms with Crippen molar-refractivity contribution in [1.29, 1.82) is 0 Å². The van der Waals surface area contributed by atoms with Crippen molar-refractivity contribution in [3.8, 4) is 0 Å². The standard InChI is InChI=1S/C14H21Cl2NO/c1-3-7-17(8-4-2)10-14(18)12-6-5-11(15)9-13(12)16/h5-6,9,14,18H,3-4,7-8,10H2,1-2H3. The minimum absolute atomic E-state index is 0.531. The molecule has 0 aliphatic rings. The summed E-state index contributed by atoms with van der Waals surface area (Å²) in [6.45, 7) is 6.89. The van der Waals surface area contributed by atoms with Gasteiger partial charge in [0.25, 0.3) is 0 Å². The molecule has 0 aromatic heterocycles. The molecule has 0 heterocycles. The SMILES string of the molecule is CCCN(CCC)CC(O)c1ccc(Cl)cc1Cl. The highest BCUT2D eigenvalue weighted by Gasteiger charge is 2.15. The van der Waals surface area contributed by atoms with E-state index in [9.17, 15) is 5.11 Å². The van der Waals surface area contributed by atoms with Crippen LogP contribution in [0.15, 0.2) is 18.2 Å². The fraction of sp³-hybridized carbons (Fsp3) is 0.571. The van der Waals surface area contributed by atoms with Gasteiger partial charge in [-0.1, -0.05) is 43.1 Å². The lowest BCUT2D eigenvalue weighted by atomic mass is 10.1. The molecule has 0 amide bonds. The Bertz CT molecular complexity index is 365. The first kappa shape index (κ1) is 15.8. The van der Waals surface area contributed by atoms with Crippen LogP contribution in [0.2, 0.25) is 10.0 Å². The van der Waals surface area contributed by atoms with Gasteiger partial charge in [0.15, 0.2) is 0 Å². The highest BCUT2D eigenvalue weighted by molar-refractivity contribution is 6.35. The number of benzene rings is 1. The molecule has 1 N–H and O–H groups in total. The Morgan fingerprint density at radius 1 is 1.17 bits per heavy atom. The molecular weight excluding hydrogens is 269 g/mol. The smallest absolute Gasteiger partial charge is 0.0931 e. The van der Waals surface area contributed by atoms with E-state index in [-0.39, 0.29) is 0 Å². The van der Waals surface area contributed by atoms with Gasteiger partial charge in [0.05, 0.1) is 6.10 Å². The Morgan fingerprint density at radius 2 is 1.78 bits per heavy atom. The van der Waals surface area contributed by atoms with Crippen molar-refractivity contribution in [2.24, 2.45) is 0 Å². The zero-order valence-corrected chi connectivity index (χ0v) is 12.5. The average Bonchev–Trinajstić information content (AvgIpc) is 2.29. The third-order valence-electron chi connectivity index (χ3n) is 2.83. The summed E-state index contributed by atoms with van der Waals surface area (Å²) in [5.41, 5.74) is 0.748. The van der Waals surface area contributed by atoms with E-state index in [0.29, 0.717) is 16.6 Å². The molecule has 0 fully saturated rings.